The van der Waals surface area contributed by atoms with Crippen molar-refractivity contribution >= 4 is 29.1 Å². The molecule has 0 bridgehead atoms. The van der Waals surface area contributed by atoms with Gasteiger partial charge in [0.05, 0.1) is 11.8 Å². The smallest absolute Gasteiger partial charge is 0.338 e. The Morgan fingerprint density at radius 2 is 2.26 bits per heavy atom. The molecule has 7 heteroatoms. The van der Waals surface area contributed by atoms with E-state index >= 15 is 0 Å². The highest BCUT2D eigenvalue weighted by Gasteiger charge is 2.21. The van der Waals surface area contributed by atoms with Gasteiger partial charge in [0.1, 0.15) is 6.61 Å². The van der Waals surface area contributed by atoms with Crippen LogP contribution in [0, 0.1) is 5.82 Å². The SMILES string of the molecule is O=C1OCc2ccc(Nc3nc(Cl)ncc3F)cc21. The Bertz CT molecular complexity index is 678. The number of fused-ring (bicyclic) bond motifs is 1. The molecule has 0 unspecified atom stereocenters. The Hall–Kier alpha value is -2.21. The number of nitrogens with one attached hydrogen (secondary N) is 1. The van der Waals surface area contributed by atoms with Crippen molar-refractivity contribution in [1.82, 2.24) is 9.97 Å². The first-order valence-corrected chi connectivity index (χ1v) is 5.76. The molecule has 1 aliphatic heterocycles. The molecule has 3 rings (SSSR count). The number of carbonyl (C=O) groups is 1. The summed E-state index contributed by atoms with van der Waals surface area (Å²) in [5.41, 5.74) is 1.79. The van der Waals surface area contributed by atoms with Crippen molar-refractivity contribution < 1.29 is 13.9 Å². The number of benzene rings is 1. The second-order valence-electron chi connectivity index (χ2n) is 3.91. The summed E-state index contributed by atoms with van der Waals surface area (Å²) in [5.74, 6) is -1.07. The Morgan fingerprint density at radius 3 is 3.11 bits per heavy atom. The van der Waals surface area contributed by atoms with Crippen LogP contribution >= 0.6 is 11.6 Å². The van der Waals surface area contributed by atoms with Crippen LogP contribution in [0.3, 0.4) is 0 Å². The van der Waals surface area contributed by atoms with Gasteiger partial charge in [-0.2, -0.15) is 4.98 Å². The van der Waals surface area contributed by atoms with Gasteiger partial charge in [0.2, 0.25) is 5.28 Å². The fraction of sp³-hybridized carbons (Fsp3) is 0.0833. The van der Waals surface area contributed by atoms with Gasteiger partial charge >= 0.3 is 5.97 Å². The van der Waals surface area contributed by atoms with Crippen LogP contribution in [0.2, 0.25) is 5.28 Å². The molecule has 0 spiro atoms. The topological polar surface area (TPSA) is 64.1 Å². The van der Waals surface area contributed by atoms with E-state index in [1.807, 2.05) is 0 Å². The Morgan fingerprint density at radius 1 is 1.42 bits per heavy atom. The monoisotopic (exact) mass is 279 g/mol. The molecule has 2 heterocycles. The van der Waals surface area contributed by atoms with Crippen molar-refractivity contribution in [3.05, 3.63) is 46.6 Å². The molecule has 5 nitrogen and oxygen atoms in total. The highest BCUT2D eigenvalue weighted by atomic mass is 35.5. The number of esters is 1. The minimum absolute atomic E-state index is 0.0497. The molecule has 19 heavy (non-hydrogen) atoms. The standard InChI is InChI=1S/C12H7ClFN3O2/c13-12-15-4-9(14)10(17-12)16-7-2-1-6-5-19-11(18)8(6)3-7/h1-4H,5H2,(H,15,16,17). The molecule has 1 aromatic carbocycles. The van der Waals surface area contributed by atoms with E-state index in [-0.39, 0.29) is 23.7 Å². The number of hydrogen-bond donors (Lipinski definition) is 1. The molecular formula is C12H7ClFN3O2. The largest absolute Gasteiger partial charge is 0.457 e. The lowest BCUT2D eigenvalue weighted by atomic mass is 10.1. The zero-order chi connectivity index (χ0) is 13.4. The normalized spacial score (nSPS) is 13.1. The molecule has 0 aliphatic carbocycles. The van der Waals surface area contributed by atoms with Crippen LogP contribution < -0.4 is 5.32 Å². The summed E-state index contributed by atoms with van der Waals surface area (Å²) in [4.78, 5) is 18.7. The third-order valence-corrected chi connectivity index (χ3v) is 2.85. The van der Waals surface area contributed by atoms with E-state index in [2.05, 4.69) is 15.3 Å². The molecular weight excluding hydrogens is 273 g/mol. The summed E-state index contributed by atoms with van der Waals surface area (Å²) >= 11 is 5.60. The average Bonchev–Trinajstić information content (AvgIpc) is 2.76. The third kappa shape index (κ3) is 2.22. The number of rotatable bonds is 2. The summed E-state index contributed by atoms with van der Waals surface area (Å²) in [6.45, 7) is 0.266. The summed E-state index contributed by atoms with van der Waals surface area (Å²) in [6.07, 6.45) is 0.972. The number of ether oxygens (including phenoxy) is 1. The lowest BCUT2D eigenvalue weighted by Gasteiger charge is -2.07. The van der Waals surface area contributed by atoms with Crippen molar-refractivity contribution in [3.63, 3.8) is 0 Å². The predicted molar refractivity (Wildman–Crippen MR) is 65.8 cm³/mol. The average molecular weight is 280 g/mol. The summed E-state index contributed by atoms with van der Waals surface area (Å²) < 4.78 is 18.4. The fourth-order valence-electron chi connectivity index (χ4n) is 1.76. The van der Waals surface area contributed by atoms with Gasteiger partial charge in [-0.25, -0.2) is 14.2 Å². The second kappa shape index (κ2) is 4.47. The van der Waals surface area contributed by atoms with Gasteiger partial charge in [0.25, 0.3) is 0 Å². The van der Waals surface area contributed by atoms with E-state index in [4.69, 9.17) is 16.3 Å². The molecule has 0 saturated heterocycles. The van der Waals surface area contributed by atoms with Gasteiger partial charge in [0.15, 0.2) is 11.6 Å². The second-order valence-corrected chi connectivity index (χ2v) is 4.25. The third-order valence-electron chi connectivity index (χ3n) is 2.67. The molecule has 96 valence electrons. The van der Waals surface area contributed by atoms with Gasteiger partial charge < -0.3 is 10.1 Å². The van der Waals surface area contributed by atoms with E-state index < -0.39 is 5.82 Å². The van der Waals surface area contributed by atoms with Crippen molar-refractivity contribution in [2.75, 3.05) is 5.32 Å². The lowest BCUT2D eigenvalue weighted by Crippen LogP contribution is -2.00. The fourth-order valence-corrected chi connectivity index (χ4v) is 1.89. The molecule has 0 fully saturated rings. The van der Waals surface area contributed by atoms with Crippen molar-refractivity contribution in [1.29, 1.82) is 0 Å². The van der Waals surface area contributed by atoms with E-state index in [0.717, 1.165) is 11.8 Å². The van der Waals surface area contributed by atoms with Gasteiger partial charge in [-0.3, -0.25) is 0 Å². The maximum absolute atomic E-state index is 13.5. The minimum Gasteiger partial charge on any atom is -0.457 e. The predicted octanol–water partition coefficient (Wildman–Crippen LogP) is 2.68. The Balaban J connectivity index is 1.94. The first kappa shape index (κ1) is 11.9. The highest BCUT2D eigenvalue weighted by molar-refractivity contribution is 6.28. The van der Waals surface area contributed by atoms with Crippen LogP contribution in [-0.2, 0) is 11.3 Å². The van der Waals surface area contributed by atoms with Crippen LogP contribution in [0.25, 0.3) is 0 Å². The van der Waals surface area contributed by atoms with Gasteiger partial charge in [0, 0.05) is 11.3 Å². The van der Waals surface area contributed by atoms with Crippen molar-refractivity contribution in [2.45, 2.75) is 6.61 Å². The molecule has 0 saturated carbocycles. The molecule has 1 N–H and O–H groups in total. The number of carbonyl (C=O) groups excluding carboxylic acids is 1. The minimum atomic E-state index is -0.632. The van der Waals surface area contributed by atoms with E-state index in [1.165, 1.54) is 0 Å². The molecule has 0 amide bonds. The van der Waals surface area contributed by atoms with Gasteiger partial charge in [-0.1, -0.05) is 6.07 Å². The number of hydrogen-bond acceptors (Lipinski definition) is 5. The van der Waals surface area contributed by atoms with Crippen LogP contribution in [0.5, 0.6) is 0 Å². The summed E-state index contributed by atoms with van der Waals surface area (Å²) in [6, 6.07) is 5.03. The summed E-state index contributed by atoms with van der Waals surface area (Å²) in [5, 5.41) is 2.68. The quantitative estimate of drug-likeness (QED) is 0.676. The van der Waals surface area contributed by atoms with Gasteiger partial charge in [-0.15, -0.1) is 0 Å². The first-order valence-electron chi connectivity index (χ1n) is 5.38. The Labute approximate surface area is 112 Å². The molecule has 0 radical (unpaired) electrons. The maximum atomic E-state index is 13.5. The molecule has 0 atom stereocenters. The maximum Gasteiger partial charge on any atom is 0.338 e. The van der Waals surface area contributed by atoms with Crippen LogP contribution in [0.15, 0.2) is 24.4 Å². The zero-order valence-corrected chi connectivity index (χ0v) is 10.2. The zero-order valence-electron chi connectivity index (χ0n) is 9.48. The number of nitrogens with zero attached hydrogens (tertiary/aromatic N) is 2. The van der Waals surface area contributed by atoms with Gasteiger partial charge in [-0.05, 0) is 23.7 Å². The highest BCUT2D eigenvalue weighted by Crippen LogP contribution is 2.25. The number of cyclic esters (lactones) is 1. The van der Waals surface area contributed by atoms with E-state index in [0.29, 0.717) is 11.3 Å². The van der Waals surface area contributed by atoms with E-state index in [9.17, 15) is 9.18 Å². The number of halogens is 2. The van der Waals surface area contributed by atoms with Crippen molar-refractivity contribution in [3.8, 4) is 0 Å². The van der Waals surface area contributed by atoms with E-state index in [1.54, 1.807) is 18.2 Å². The summed E-state index contributed by atoms with van der Waals surface area (Å²) in [7, 11) is 0. The Kier molecular flexibility index (Phi) is 2.79. The first-order chi connectivity index (χ1) is 9.13. The molecule has 1 aromatic heterocycles. The van der Waals surface area contributed by atoms with Crippen LogP contribution in [0.4, 0.5) is 15.9 Å². The number of anilines is 2. The number of aromatic nitrogens is 2. The lowest BCUT2D eigenvalue weighted by molar-refractivity contribution is 0.0535. The molecule has 2 aromatic rings. The van der Waals surface area contributed by atoms with Crippen molar-refractivity contribution in [2.24, 2.45) is 0 Å². The molecule has 1 aliphatic rings. The van der Waals surface area contributed by atoms with Crippen LogP contribution in [0.1, 0.15) is 15.9 Å². The van der Waals surface area contributed by atoms with Crippen LogP contribution in [-0.4, -0.2) is 15.9 Å².